The second-order valence-corrected chi connectivity index (χ2v) is 5.42. The number of nitrogens with zero attached hydrogens (tertiary/aromatic N) is 3. The molecule has 3 N–H and O–H groups in total. The zero-order valence-electron chi connectivity index (χ0n) is 12.9. The number of carbonyl (C=O) groups excluding carboxylic acids is 1. The van der Waals surface area contributed by atoms with Gasteiger partial charge in [0.25, 0.3) is 0 Å². The molecule has 6 nitrogen and oxygen atoms in total. The van der Waals surface area contributed by atoms with Gasteiger partial charge in [0, 0.05) is 38.9 Å². The number of aromatic nitrogens is 1. The van der Waals surface area contributed by atoms with Crippen molar-refractivity contribution >= 4 is 17.3 Å². The van der Waals surface area contributed by atoms with Crippen molar-refractivity contribution in [2.45, 2.75) is 26.3 Å². The highest BCUT2D eigenvalue weighted by Gasteiger charge is 2.25. The SMILES string of the molecule is CCCNC(=O)C(C)N1CCN(c2ccncc2N)CC1. The van der Waals surface area contributed by atoms with E-state index in [2.05, 4.69) is 27.0 Å². The predicted molar refractivity (Wildman–Crippen MR) is 85.2 cm³/mol. The number of pyridine rings is 1. The second-order valence-electron chi connectivity index (χ2n) is 5.42. The van der Waals surface area contributed by atoms with E-state index in [1.165, 1.54) is 0 Å². The van der Waals surface area contributed by atoms with Crippen molar-refractivity contribution in [3.63, 3.8) is 0 Å². The lowest BCUT2D eigenvalue weighted by molar-refractivity contribution is -0.126. The topological polar surface area (TPSA) is 74.5 Å². The summed E-state index contributed by atoms with van der Waals surface area (Å²) in [5.41, 5.74) is 7.71. The van der Waals surface area contributed by atoms with E-state index in [1.807, 2.05) is 13.0 Å². The molecular formula is C15H25N5O. The van der Waals surface area contributed by atoms with Crippen LogP contribution in [-0.4, -0.2) is 54.6 Å². The summed E-state index contributed by atoms with van der Waals surface area (Å²) >= 11 is 0. The van der Waals surface area contributed by atoms with Crippen LogP contribution in [-0.2, 0) is 4.79 Å². The molecule has 1 aromatic heterocycles. The first-order valence-electron chi connectivity index (χ1n) is 7.59. The summed E-state index contributed by atoms with van der Waals surface area (Å²) in [5.74, 6) is 0.119. The molecule has 1 unspecified atom stereocenters. The molecule has 1 amide bonds. The van der Waals surface area contributed by atoms with Gasteiger partial charge in [-0.05, 0) is 19.4 Å². The zero-order chi connectivity index (χ0) is 15.2. The van der Waals surface area contributed by atoms with E-state index in [4.69, 9.17) is 5.73 Å². The molecule has 1 aliphatic rings. The maximum Gasteiger partial charge on any atom is 0.237 e. The lowest BCUT2D eigenvalue weighted by Crippen LogP contribution is -2.54. The fraction of sp³-hybridized carbons (Fsp3) is 0.600. The Kier molecular flexibility index (Phi) is 5.38. The minimum absolute atomic E-state index is 0.0755. The van der Waals surface area contributed by atoms with E-state index in [9.17, 15) is 4.79 Å². The largest absolute Gasteiger partial charge is 0.396 e. The number of nitrogens with one attached hydrogen (secondary N) is 1. The van der Waals surface area contributed by atoms with Crippen LogP contribution in [0.1, 0.15) is 20.3 Å². The molecule has 0 radical (unpaired) electrons. The summed E-state index contributed by atoms with van der Waals surface area (Å²) in [7, 11) is 0. The number of hydrogen-bond donors (Lipinski definition) is 2. The molecule has 2 heterocycles. The standard InChI is InChI=1S/C15H25N5O/c1-3-5-18-15(21)12(2)19-7-9-20(10-8-19)14-4-6-17-11-13(14)16/h4,6,11-12H,3,5,7-10,16H2,1-2H3,(H,18,21). The molecule has 1 aromatic rings. The maximum atomic E-state index is 12.0. The summed E-state index contributed by atoms with van der Waals surface area (Å²) in [5, 5.41) is 2.96. The average molecular weight is 291 g/mol. The van der Waals surface area contributed by atoms with Crippen molar-refractivity contribution in [2.24, 2.45) is 0 Å². The highest BCUT2D eigenvalue weighted by atomic mass is 16.2. The van der Waals surface area contributed by atoms with Gasteiger partial charge < -0.3 is 16.0 Å². The molecule has 0 aliphatic carbocycles. The van der Waals surface area contributed by atoms with Crippen LogP contribution in [0.2, 0.25) is 0 Å². The summed E-state index contributed by atoms with van der Waals surface area (Å²) in [6.07, 6.45) is 4.41. The Labute approximate surface area is 126 Å². The van der Waals surface area contributed by atoms with Crippen LogP contribution in [0, 0.1) is 0 Å². The summed E-state index contributed by atoms with van der Waals surface area (Å²) in [6, 6.07) is 1.87. The first-order chi connectivity index (χ1) is 10.1. The molecule has 21 heavy (non-hydrogen) atoms. The van der Waals surface area contributed by atoms with Gasteiger partial charge >= 0.3 is 0 Å². The van der Waals surface area contributed by atoms with E-state index in [-0.39, 0.29) is 11.9 Å². The number of anilines is 2. The third-order valence-electron chi connectivity index (χ3n) is 3.96. The van der Waals surface area contributed by atoms with Gasteiger partial charge in [-0.1, -0.05) is 6.92 Å². The molecule has 116 valence electrons. The van der Waals surface area contributed by atoms with Crippen LogP contribution >= 0.6 is 0 Å². The van der Waals surface area contributed by atoms with Gasteiger partial charge in [-0.25, -0.2) is 0 Å². The van der Waals surface area contributed by atoms with Crippen LogP contribution in [0.5, 0.6) is 0 Å². The number of amides is 1. The number of nitrogens with two attached hydrogens (primary N) is 1. The number of hydrogen-bond acceptors (Lipinski definition) is 5. The average Bonchev–Trinajstić information content (AvgIpc) is 2.52. The Morgan fingerprint density at radius 1 is 1.43 bits per heavy atom. The fourth-order valence-corrected chi connectivity index (χ4v) is 2.60. The molecule has 0 bridgehead atoms. The molecule has 2 rings (SSSR count). The van der Waals surface area contributed by atoms with Gasteiger partial charge in [-0.2, -0.15) is 0 Å². The first kappa shape index (κ1) is 15.6. The van der Waals surface area contributed by atoms with Crippen molar-refractivity contribution in [3.05, 3.63) is 18.5 Å². The van der Waals surface area contributed by atoms with Gasteiger partial charge in [0.05, 0.1) is 23.6 Å². The molecular weight excluding hydrogens is 266 g/mol. The third kappa shape index (κ3) is 3.85. The van der Waals surface area contributed by atoms with E-state index in [0.717, 1.165) is 44.8 Å². The van der Waals surface area contributed by atoms with E-state index in [0.29, 0.717) is 5.69 Å². The van der Waals surface area contributed by atoms with Crippen molar-refractivity contribution in [3.8, 4) is 0 Å². The summed E-state index contributed by atoms with van der Waals surface area (Å²) in [6.45, 7) is 8.26. The van der Waals surface area contributed by atoms with Gasteiger partial charge in [-0.15, -0.1) is 0 Å². The van der Waals surface area contributed by atoms with E-state index in [1.54, 1.807) is 12.4 Å². The van der Waals surface area contributed by atoms with Crippen molar-refractivity contribution in [1.82, 2.24) is 15.2 Å². The van der Waals surface area contributed by atoms with Gasteiger partial charge in [0.2, 0.25) is 5.91 Å². The highest BCUT2D eigenvalue weighted by molar-refractivity contribution is 5.81. The Hall–Kier alpha value is -1.82. The van der Waals surface area contributed by atoms with Crippen LogP contribution in [0.25, 0.3) is 0 Å². The fourth-order valence-electron chi connectivity index (χ4n) is 2.60. The molecule has 1 fully saturated rings. The Balaban J connectivity index is 1.88. The second kappa shape index (κ2) is 7.26. The van der Waals surface area contributed by atoms with Crippen molar-refractivity contribution < 1.29 is 4.79 Å². The first-order valence-corrected chi connectivity index (χ1v) is 7.59. The zero-order valence-corrected chi connectivity index (χ0v) is 12.9. The normalized spacial score (nSPS) is 17.5. The molecule has 0 aromatic carbocycles. The van der Waals surface area contributed by atoms with Gasteiger partial charge in [0.15, 0.2) is 0 Å². The van der Waals surface area contributed by atoms with E-state index >= 15 is 0 Å². The van der Waals surface area contributed by atoms with E-state index < -0.39 is 0 Å². The molecule has 1 atom stereocenters. The summed E-state index contributed by atoms with van der Waals surface area (Å²) in [4.78, 5) is 20.5. The third-order valence-corrected chi connectivity index (χ3v) is 3.96. The van der Waals surface area contributed by atoms with Crippen LogP contribution < -0.4 is 16.0 Å². The number of carbonyl (C=O) groups is 1. The Bertz CT molecular complexity index is 471. The minimum atomic E-state index is -0.0755. The molecule has 0 saturated carbocycles. The lowest BCUT2D eigenvalue weighted by atomic mass is 10.2. The smallest absolute Gasteiger partial charge is 0.237 e. The molecule has 1 saturated heterocycles. The van der Waals surface area contributed by atoms with Gasteiger partial charge in [-0.3, -0.25) is 14.7 Å². The van der Waals surface area contributed by atoms with Crippen LogP contribution in [0.15, 0.2) is 18.5 Å². The predicted octanol–water partition coefficient (Wildman–Crippen LogP) is 0.701. The number of rotatable bonds is 5. The van der Waals surface area contributed by atoms with Crippen molar-refractivity contribution in [2.75, 3.05) is 43.4 Å². The number of piperazine rings is 1. The monoisotopic (exact) mass is 291 g/mol. The number of nitrogen functional groups attached to an aromatic ring is 1. The van der Waals surface area contributed by atoms with Gasteiger partial charge in [0.1, 0.15) is 0 Å². The lowest BCUT2D eigenvalue weighted by Gasteiger charge is -2.38. The quantitative estimate of drug-likeness (QED) is 0.835. The molecule has 0 spiro atoms. The Morgan fingerprint density at radius 3 is 2.76 bits per heavy atom. The highest BCUT2D eigenvalue weighted by Crippen LogP contribution is 2.22. The maximum absolute atomic E-state index is 12.0. The van der Waals surface area contributed by atoms with Crippen molar-refractivity contribution in [1.29, 1.82) is 0 Å². The minimum Gasteiger partial charge on any atom is -0.396 e. The summed E-state index contributed by atoms with van der Waals surface area (Å²) < 4.78 is 0. The molecule has 1 aliphatic heterocycles. The Morgan fingerprint density at radius 2 is 2.14 bits per heavy atom. The molecule has 6 heteroatoms. The van der Waals surface area contributed by atoms with Crippen LogP contribution in [0.4, 0.5) is 11.4 Å². The van der Waals surface area contributed by atoms with Crippen LogP contribution in [0.3, 0.4) is 0 Å².